The van der Waals surface area contributed by atoms with E-state index in [1.54, 1.807) is 18.2 Å². The fraction of sp³-hybridized carbons (Fsp3) is 0.400. The van der Waals surface area contributed by atoms with Gasteiger partial charge in [0.25, 0.3) is 0 Å². The van der Waals surface area contributed by atoms with E-state index in [-0.39, 0.29) is 36.6 Å². The molecule has 15 heavy (non-hydrogen) atoms. The smallest absolute Gasteiger partial charge is 0.165 e. The van der Waals surface area contributed by atoms with Gasteiger partial charge in [0.2, 0.25) is 0 Å². The van der Waals surface area contributed by atoms with Gasteiger partial charge in [-0.3, -0.25) is 0 Å². The molecule has 0 amide bonds. The molecule has 0 aliphatic carbocycles. The Morgan fingerprint density at radius 3 is 2.67 bits per heavy atom. The van der Waals surface area contributed by atoms with Crippen molar-refractivity contribution in [2.75, 3.05) is 13.2 Å². The zero-order valence-corrected chi connectivity index (χ0v) is 9.04. The van der Waals surface area contributed by atoms with Crippen LogP contribution < -0.4 is 10.5 Å². The van der Waals surface area contributed by atoms with Gasteiger partial charge in [0.1, 0.15) is 0 Å². The fourth-order valence-corrected chi connectivity index (χ4v) is 0.973. The van der Waals surface area contributed by atoms with E-state index in [1.807, 2.05) is 0 Å². The maximum atomic E-state index is 13.0. The van der Waals surface area contributed by atoms with Crippen molar-refractivity contribution in [3.05, 3.63) is 30.1 Å². The highest BCUT2D eigenvalue weighted by Gasteiger charge is 2.03. The molecule has 0 radical (unpaired) electrons. The van der Waals surface area contributed by atoms with Crippen molar-refractivity contribution >= 4 is 12.4 Å². The minimum atomic E-state index is -0.384. The fourth-order valence-electron chi connectivity index (χ4n) is 0.973. The monoisotopic (exact) mass is 235 g/mol. The van der Waals surface area contributed by atoms with Gasteiger partial charge in [0.15, 0.2) is 11.6 Å². The van der Waals surface area contributed by atoms with Gasteiger partial charge in [-0.1, -0.05) is 12.1 Å². The molecule has 0 aliphatic heterocycles. The van der Waals surface area contributed by atoms with Crippen molar-refractivity contribution in [1.82, 2.24) is 0 Å². The molecule has 86 valence electrons. The average molecular weight is 236 g/mol. The van der Waals surface area contributed by atoms with Crippen molar-refractivity contribution in [2.24, 2.45) is 5.73 Å². The SMILES string of the molecule is Cl.N[C@H](CO)CCOc1ccccc1F. The van der Waals surface area contributed by atoms with Gasteiger partial charge >= 0.3 is 0 Å². The van der Waals surface area contributed by atoms with Crippen LogP contribution in [0.2, 0.25) is 0 Å². The molecule has 0 spiro atoms. The zero-order valence-electron chi connectivity index (χ0n) is 8.23. The number of nitrogens with two attached hydrogens (primary N) is 1. The number of aliphatic hydroxyl groups is 1. The first kappa shape index (κ1) is 14.2. The van der Waals surface area contributed by atoms with Crippen molar-refractivity contribution in [3.8, 4) is 5.75 Å². The normalized spacial score (nSPS) is 11.7. The summed E-state index contributed by atoms with van der Waals surface area (Å²) in [5, 5.41) is 8.63. The number of para-hydroxylation sites is 1. The van der Waals surface area contributed by atoms with E-state index in [1.165, 1.54) is 6.07 Å². The van der Waals surface area contributed by atoms with Crippen LogP contribution in [-0.4, -0.2) is 24.4 Å². The Morgan fingerprint density at radius 2 is 2.07 bits per heavy atom. The topological polar surface area (TPSA) is 55.5 Å². The van der Waals surface area contributed by atoms with Crippen LogP contribution in [0.5, 0.6) is 5.75 Å². The summed E-state index contributed by atoms with van der Waals surface area (Å²) in [6.07, 6.45) is 0.505. The summed E-state index contributed by atoms with van der Waals surface area (Å²) in [4.78, 5) is 0. The highest BCUT2D eigenvalue weighted by molar-refractivity contribution is 5.85. The third-order valence-corrected chi connectivity index (χ3v) is 1.82. The summed E-state index contributed by atoms with van der Waals surface area (Å²) in [6.45, 7) is 0.225. The molecule has 0 saturated heterocycles. The lowest BCUT2D eigenvalue weighted by Gasteiger charge is -2.09. The van der Waals surface area contributed by atoms with Gasteiger partial charge in [-0.05, 0) is 18.6 Å². The van der Waals surface area contributed by atoms with E-state index >= 15 is 0 Å². The van der Waals surface area contributed by atoms with E-state index in [4.69, 9.17) is 15.6 Å². The molecular formula is C10H15ClFNO2. The minimum absolute atomic E-state index is 0. The third kappa shape index (κ3) is 4.97. The molecule has 0 bridgehead atoms. The van der Waals surface area contributed by atoms with Crippen LogP contribution in [-0.2, 0) is 0 Å². The first-order valence-electron chi connectivity index (χ1n) is 4.48. The largest absolute Gasteiger partial charge is 0.490 e. The van der Waals surface area contributed by atoms with Gasteiger partial charge in [0.05, 0.1) is 13.2 Å². The Morgan fingerprint density at radius 1 is 1.40 bits per heavy atom. The number of hydrogen-bond donors (Lipinski definition) is 2. The molecule has 1 atom stereocenters. The van der Waals surface area contributed by atoms with Crippen LogP contribution >= 0.6 is 12.4 Å². The number of rotatable bonds is 5. The van der Waals surface area contributed by atoms with E-state index in [0.29, 0.717) is 13.0 Å². The maximum absolute atomic E-state index is 13.0. The molecule has 0 saturated carbocycles. The zero-order chi connectivity index (χ0) is 10.4. The summed E-state index contributed by atoms with van der Waals surface area (Å²) in [7, 11) is 0. The third-order valence-electron chi connectivity index (χ3n) is 1.82. The lowest BCUT2D eigenvalue weighted by atomic mass is 10.2. The van der Waals surface area contributed by atoms with E-state index < -0.39 is 0 Å². The van der Waals surface area contributed by atoms with Crippen molar-refractivity contribution < 1.29 is 14.2 Å². The molecule has 0 fully saturated rings. The van der Waals surface area contributed by atoms with Gasteiger partial charge in [0, 0.05) is 6.04 Å². The average Bonchev–Trinajstić information content (AvgIpc) is 2.20. The van der Waals surface area contributed by atoms with Crippen LogP contribution in [0.15, 0.2) is 24.3 Å². The standard InChI is InChI=1S/C10H14FNO2.ClH/c11-9-3-1-2-4-10(9)14-6-5-8(12)7-13;/h1-4,8,13H,5-7,12H2;1H/t8-;/m0./s1. The van der Waals surface area contributed by atoms with Crippen LogP contribution in [0.25, 0.3) is 0 Å². The lowest BCUT2D eigenvalue weighted by Crippen LogP contribution is -2.26. The highest BCUT2D eigenvalue weighted by Crippen LogP contribution is 2.15. The molecular weight excluding hydrogens is 221 g/mol. The molecule has 1 aromatic carbocycles. The second kappa shape index (κ2) is 7.45. The van der Waals surface area contributed by atoms with Crippen LogP contribution in [0.1, 0.15) is 6.42 Å². The second-order valence-corrected chi connectivity index (χ2v) is 3.01. The lowest BCUT2D eigenvalue weighted by molar-refractivity contribution is 0.227. The first-order valence-corrected chi connectivity index (χ1v) is 4.48. The summed E-state index contributed by atoms with van der Waals surface area (Å²) in [5.74, 6) is -0.164. The van der Waals surface area contributed by atoms with Crippen LogP contribution in [0.3, 0.4) is 0 Å². The van der Waals surface area contributed by atoms with Crippen LogP contribution in [0.4, 0.5) is 4.39 Å². The Labute approximate surface area is 94.5 Å². The Balaban J connectivity index is 0.00000196. The molecule has 3 nitrogen and oxygen atoms in total. The summed E-state index contributed by atoms with van der Waals surface area (Å²) in [5.41, 5.74) is 5.45. The predicted octanol–water partition coefficient (Wildman–Crippen LogP) is 1.34. The molecule has 0 unspecified atom stereocenters. The molecule has 0 heterocycles. The number of aliphatic hydroxyl groups excluding tert-OH is 1. The number of halogens is 2. The van der Waals surface area contributed by atoms with Gasteiger partial charge in [-0.15, -0.1) is 12.4 Å². The van der Waals surface area contributed by atoms with E-state index in [0.717, 1.165) is 0 Å². The Hall–Kier alpha value is -0.840. The van der Waals surface area contributed by atoms with Gasteiger partial charge < -0.3 is 15.6 Å². The highest BCUT2D eigenvalue weighted by atomic mass is 35.5. The number of hydrogen-bond acceptors (Lipinski definition) is 3. The molecule has 5 heteroatoms. The van der Waals surface area contributed by atoms with E-state index in [9.17, 15) is 4.39 Å². The van der Waals surface area contributed by atoms with Crippen molar-refractivity contribution in [1.29, 1.82) is 0 Å². The number of ether oxygens (including phenoxy) is 1. The molecule has 1 aromatic rings. The predicted molar refractivity (Wildman–Crippen MR) is 58.8 cm³/mol. The summed E-state index contributed by atoms with van der Waals surface area (Å²) in [6, 6.07) is 5.88. The van der Waals surface area contributed by atoms with Crippen molar-refractivity contribution in [3.63, 3.8) is 0 Å². The first-order chi connectivity index (χ1) is 6.74. The summed E-state index contributed by atoms with van der Waals surface area (Å²) < 4.78 is 18.1. The summed E-state index contributed by atoms with van der Waals surface area (Å²) >= 11 is 0. The quantitative estimate of drug-likeness (QED) is 0.810. The van der Waals surface area contributed by atoms with Crippen LogP contribution in [0, 0.1) is 5.82 Å². The molecule has 0 aromatic heterocycles. The Kier molecular flexibility index (Phi) is 7.03. The maximum Gasteiger partial charge on any atom is 0.165 e. The Bertz CT molecular complexity index is 286. The van der Waals surface area contributed by atoms with Crippen molar-refractivity contribution in [2.45, 2.75) is 12.5 Å². The number of benzene rings is 1. The minimum Gasteiger partial charge on any atom is -0.490 e. The molecule has 1 rings (SSSR count). The van der Waals surface area contributed by atoms with Gasteiger partial charge in [-0.2, -0.15) is 0 Å². The van der Waals surface area contributed by atoms with E-state index in [2.05, 4.69) is 0 Å². The second-order valence-electron chi connectivity index (χ2n) is 3.01. The molecule has 3 N–H and O–H groups in total. The van der Waals surface area contributed by atoms with Gasteiger partial charge in [-0.25, -0.2) is 4.39 Å². The molecule has 0 aliphatic rings.